The van der Waals surface area contributed by atoms with Gasteiger partial charge in [0.25, 0.3) is 0 Å². The molecule has 112 valence electrons. The molecule has 1 nitrogen and oxygen atoms in total. The van der Waals surface area contributed by atoms with Gasteiger partial charge in [0.15, 0.2) is 0 Å². The molecular weight excluding hydrogens is 304 g/mol. The second kappa shape index (κ2) is 7.41. The van der Waals surface area contributed by atoms with Crippen molar-refractivity contribution in [2.24, 2.45) is 0 Å². The van der Waals surface area contributed by atoms with Gasteiger partial charge in [0, 0.05) is 0 Å². The van der Waals surface area contributed by atoms with E-state index >= 15 is 0 Å². The Hall–Kier alpha value is -1.77. The van der Waals surface area contributed by atoms with Crippen LogP contribution >= 0.6 is 7.92 Å². The maximum absolute atomic E-state index is 4.99. The fourth-order valence-corrected chi connectivity index (χ4v) is 5.36. The van der Waals surface area contributed by atoms with E-state index in [1.807, 2.05) is 0 Å². The Morgan fingerprint density at radius 1 is 0.667 bits per heavy atom. The molecule has 24 heavy (non-hydrogen) atoms. The number of para-hydroxylation sites is 1. The second-order valence-electron chi connectivity index (χ2n) is 5.58. The Balaban J connectivity index is 0.00000169. The van der Waals surface area contributed by atoms with Crippen LogP contribution in [0, 0.1) is 6.92 Å². The summed E-state index contributed by atoms with van der Waals surface area (Å²) in [4.78, 5) is 4.99. The molecule has 0 bridgehead atoms. The fraction of sp³-hybridized carbons (Fsp3) is 0.0476. The van der Waals surface area contributed by atoms with E-state index in [1.54, 1.807) is 0 Å². The van der Waals surface area contributed by atoms with E-state index in [9.17, 15) is 0 Å². The molecule has 4 rings (SSSR count). The Labute approximate surface area is 156 Å². The van der Waals surface area contributed by atoms with Crippen LogP contribution in [0.1, 0.15) is 5.56 Å². The molecule has 0 spiro atoms. The van der Waals surface area contributed by atoms with E-state index in [2.05, 4.69) is 91.9 Å². The zero-order chi connectivity index (χ0) is 15.6. The summed E-state index contributed by atoms with van der Waals surface area (Å²) >= 11 is 0. The molecule has 3 aromatic carbocycles. The summed E-state index contributed by atoms with van der Waals surface area (Å²) < 4.78 is 0. The molecule has 0 aliphatic heterocycles. The van der Waals surface area contributed by atoms with E-state index in [4.69, 9.17) is 4.98 Å². The van der Waals surface area contributed by atoms with Crippen LogP contribution < -0.4 is 39.9 Å². The molecule has 0 amide bonds. The van der Waals surface area contributed by atoms with E-state index in [0.717, 1.165) is 5.52 Å². The third-order valence-corrected chi connectivity index (χ3v) is 6.60. The molecule has 0 unspecified atom stereocenters. The first-order valence-electron chi connectivity index (χ1n) is 7.77. The summed E-state index contributed by atoms with van der Waals surface area (Å²) in [5, 5.41) is 3.96. The molecule has 0 N–H and O–H groups in total. The van der Waals surface area contributed by atoms with Crippen LogP contribution in [0.5, 0.6) is 0 Å². The summed E-state index contributed by atoms with van der Waals surface area (Å²) in [5.74, 6) is 0. The van der Waals surface area contributed by atoms with E-state index in [-0.39, 0.29) is 18.9 Å². The van der Waals surface area contributed by atoms with Crippen molar-refractivity contribution in [2.75, 3.05) is 0 Å². The van der Waals surface area contributed by atoms with Crippen LogP contribution in [0.25, 0.3) is 10.9 Å². The van der Waals surface area contributed by atoms with Crippen molar-refractivity contribution in [2.45, 2.75) is 6.92 Å². The maximum atomic E-state index is 4.99. The summed E-state index contributed by atoms with van der Waals surface area (Å²) in [6.07, 6.45) is 0. The van der Waals surface area contributed by atoms with Crippen molar-refractivity contribution in [1.29, 1.82) is 0 Å². The molecule has 0 saturated carbocycles. The molecule has 0 fully saturated rings. The molecule has 0 atom stereocenters. The minimum Gasteiger partial charge on any atom is -0.656 e. The number of fused-ring (bicyclic) bond motifs is 1. The topological polar surface area (TPSA) is 14.1 Å². The molecule has 4 aromatic rings. The SMILES string of the molecule is Cc1c(P(c2ccccc2)c2ccccc2)[n-]c2ccccc12.[Li+]. The molecule has 0 saturated heterocycles. The van der Waals surface area contributed by atoms with Gasteiger partial charge in [-0.25, -0.2) is 0 Å². The fourth-order valence-electron chi connectivity index (χ4n) is 2.97. The van der Waals surface area contributed by atoms with Gasteiger partial charge in [-0.2, -0.15) is 0 Å². The number of aromatic nitrogens is 1. The molecule has 3 heteroatoms. The Morgan fingerprint density at radius 3 is 1.71 bits per heavy atom. The van der Waals surface area contributed by atoms with Crippen molar-refractivity contribution in [3.8, 4) is 0 Å². The zero-order valence-corrected chi connectivity index (χ0v) is 14.9. The van der Waals surface area contributed by atoms with Crippen LogP contribution in [-0.4, -0.2) is 0 Å². The Morgan fingerprint density at radius 2 is 1.17 bits per heavy atom. The molecule has 0 radical (unpaired) electrons. The largest absolute Gasteiger partial charge is 1.00 e. The van der Waals surface area contributed by atoms with Gasteiger partial charge >= 0.3 is 18.9 Å². The molecular formula is C21H17LiNP. The third kappa shape index (κ3) is 3.09. The van der Waals surface area contributed by atoms with Gasteiger partial charge in [0.05, 0.1) is 0 Å². The zero-order valence-electron chi connectivity index (χ0n) is 14.0. The average Bonchev–Trinajstić information content (AvgIpc) is 2.94. The van der Waals surface area contributed by atoms with Gasteiger partial charge in [-0.1, -0.05) is 90.5 Å². The summed E-state index contributed by atoms with van der Waals surface area (Å²) in [6.45, 7) is 2.20. The monoisotopic (exact) mass is 321 g/mol. The van der Waals surface area contributed by atoms with Gasteiger partial charge in [-0.15, -0.1) is 11.0 Å². The van der Waals surface area contributed by atoms with E-state index in [0.29, 0.717) is 0 Å². The molecule has 1 heterocycles. The van der Waals surface area contributed by atoms with Gasteiger partial charge in [-0.3, -0.25) is 0 Å². The number of benzene rings is 3. The van der Waals surface area contributed by atoms with E-state index in [1.165, 1.54) is 27.0 Å². The average molecular weight is 321 g/mol. The van der Waals surface area contributed by atoms with Crippen LogP contribution in [0.3, 0.4) is 0 Å². The van der Waals surface area contributed by atoms with Crippen LogP contribution in [-0.2, 0) is 0 Å². The first kappa shape index (κ1) is 17.1. The first-order chi connectivity index (χ1) is 11.3. The second-order valence-corrected chi connectivity index (χ2v) is 7.71. The van der Waals surface area contributed by atoms with Crippen LogP contribution in [0.4, 0.5) is 0 Å². The van der Waals surface area contributed by atoms with Gasteiger partial charge in [0.1, 0.15) is 0 Å². The van der Waals surface area contributed by atoms with Gasteiger partial charge in [-0.05, 0) is 30.8 Å². The summed E-state index contributed by atoms with van der Waals surface area (Å²) in [6, 6.07) is 29.9. The van der Waals surface area contributed by atoms with Crippen molar-refractivity contribution < 1.29 is 18.9 Å². The Kier molecular flexibility index (Phi) is 5.27. The first-order valence-corrected chi connectivity index (χ1v) is 9.11. The predicted molar refractivity (Wildman–Crippen MR) is 101 cm³/mol. The minimum atomic E-state index is -0.625. The van der Waals surface area contributed by atoms with Crippen LogP contribution in [0.15, 0.2) is 84.9 Å². The minimum absolute atomic E-state index is 0. The third-order valence-electron chi connectivity index (χ3n) is 4.11. The summed E-state index contributed by atoms with van der Waals surface area (Å²) in [7, 11) is -0.625. The number of hydrogen-bond acceptors (Lipinski definition) is 0. The smallest absolute Gasteiger partial charge is 0.656 e. The van der Waals surface area contributed by atoms with Crippen molar-refractivity contribution in [3.05, 3.63) is 90.5 Å². The Bertz CT molecular complexity index is 892. The number of nitrogens with zero attached hydrogens (tertiary/aromatic N) is 1. The van der Waals surface area contributed by atoms with Crippen LogP contribution in [0.2, 0.25) is 0 Å². The molecule has 0 aliphatic rings. The predicted octanol–water partition coefficient (Wildman–Crippen LogP) is 0.868. The standard InChI is InChI=1S/C21H17NP.Li/c1-16-19-14-8-9-15-20(19)22-21(16)23(17-10-4-2-5-11-17)18-12-6-3-7-13-18;/h2-15H,1H3;/q-1;+1. The van der Waals surface area contributed by atoms with Crippen molar-refractivity contribution >= 4 is 34.9 Å². The number of rotatable bonds is 3. The maximum Gasteiger partial charge on any atom is 1.00 e. The number of aryl methyl sites for hydroxylation is 1. The van der Waals surface area contributed by atoms with Crippen molar-refractivity contribution in [1.82, 2.24) is 4.98 Å². The molecule has 1 aromatic heterocycles. The summed E-state index contributed by atoms with van der Waals surface area (Å²) in [5.41, 5.74) is 3.62. The normalized spacial score (nSPS) is 10.8. The van der Waals surface area contributed by atoms with Gasteiger partial charge < -0.3 is 4.98 Å². The van der Waals surface area contributed by atoms with Gasteiger partial charge in [0.2, 0.25) is 0 Å². The number of hydrogen-bond donors (Lipinski definition) is 0. The van der Waals surface area contributed by atoms with Crippen molar-refractivity contribution in [3.63, 3.8) is 0 Å². The quantitative estimate of drug-likeness (QED) is 0.403. The molecule has 0 aliphatic carbocycles. The van der Waals surface area contributed by atoms with E-state index < -0.39 is 7.92 Å².